The number of hydrogen-bond acceptors (Lipinski definition) is 4. The fourth-order valence-corrected chi connectivity index (χ4v) is 1.55. The first kappa shape index (κ1) is 16.8. The maximum absolute atomic E-state index is 11.5. The zero-order valence-electron chi connectivity index (χ0n) is 12.9. The van der Waals surface area contributed by atoms with Crippen molar-refractivity contribution in [1.82, 2.24) is 5.32 Å². The van der Waals surface area contributed by atoms with Gasteiger partial charge >= 0.3 is 12.1 Å². The lowest BCUT2D eigenvalue weighted by molar-refractivity contribution is 0.0533. The summed E-state index contributed by atoms with van der Waals surface area (Å²) in [5.74, 6) is -0.390. The van der Waals surface area contributed by atoms with Crippen molar-refractivity contribution in [2.24, 2.45) is 0 Å². The maximum Gasteiger partial charge on any atom is 0.407 e. The van der Waals surface area contributed by atoms with E-state index in [9.17, 15) is 9.59 Å². The van der Waals surface area contributed by atoms with Crippen LogP contribution in [0.4, 0.5) is 4.79 Å². The highest BCUT2D eigenvalue weighted by atomic mass is 16.6. The molecule has 1 aromatic carbocycles. The lowest BCUT2D eigenvalue weighted by atomic mass is 10.1. The van der Waals surface area contributed by atoms with Crippen LogP contribution in [-0.4, -0.2) is 31.3 Å². The number of benzene rings is 1. The summed E-state index contributed by atoms with van der Waals surface area (Å²) < 4.78 is 9.76. The van der Waals surface area contributed by atoms with Gasteiger partial charge in [0.05, 0.1) is 12.7 Å². The minimum absolute atomic E-state index is 0.270. The Morgan fingerprint density at radius 3 is 2.14 bits per heavy atom. The quantitative estimate of drug-likeness (QED) is 0.866. The second kappa shape index (κ2) is 6.92. The molecule has 0 unspecified atom stereocenters. The van der Waals surface area contributed by atoms with Gasteiger partial charge in [-0.05, 0) is 44.0 Å². The van der Waals surface area contributed by atoms with E-state index in [2.05, 4.69) is 16.6 Å². The van der Waals surface area contributed by atoms with Crippen LogP contribution >= 0.6 is 0 Å². The molecule has 0 saturated carbocycles. The predicted octanol–water partition coefficient (Wildman–Crippen LogP) is 3.01. The van der Waals surface area contributed by atoms with E-state index in [1.807, 2.05) is 0 Å². The van der Waals surface area contributed by atoms with Gasteiger partial charge < -0.3 is 14.8 Å². The van der Waals surface area contributed by atoms with Crippen LogP contribution < -0.4 is 5.32 Å². The zero-order valence-corrected chi connectivity index (χ0v) is 12.9. The number of nitrogens with one attached hydrogen (secondary N) is 1. The van der Waals surface area contributed by atoms with Gasteiger partial charge in [0.2, 0.25) is 0 Å². The molecule has 1 amide bonds. The normalized spacial score (nSPS) is 10.7. The fourth-order valence-electron chi connectivity index (χ4n) is 1.55. The van der Waals surface area contributed by atoms with Crippen LogP contribution in [-0.2, 0) is 9.47 Å². The summed E-state index contributed by atoms with van der Waals surface area (Å²) in [6.45, 7) is 9.57. The van der Waals surface area contributed by atoms with Crippen molar-refractivity contribution in [2.45, 2.75) is 26.4 Å². The standard InChI is InChI=1S/C16H21NO4/c1-11(10-17-15(19)21-16(2,3)4)12-6-8-13(9-7-12)14(18)20-5/h6-9H,1,10H2,2-5H3,(H,17,19). The molecular formula is C16H21NO4. The van der Waals surface area contributed by atoms with Crippen molar-refractivity contribution in [3.05, 3.63) is 42.0 Å². The Balaban J connectivity index is 2.56. The molecule has 1 aromatic rings. The number of methoxy groups -OCH3 is 1. The van der Waals surface area contributed by atoms with Crippen molar-refractivity contribution in [1.29, 1.82) is 0 Å². The van der Waals surface area contributed by atoms with Crippen LogP contribution in [0, 0.1) is 0 Å². The summed E-state index contributed by atoms with van der Waals surface area (Å²) in [7, 11) is 1.33. The van der Waals surface area contributed by atoms with Crippen LogP contribution in [0.25, 0.3) is 5.57 Å². The molecule has 114 valence electrons. The SMILES string of the molecule is C=C(CNC(=O)OC(C)(C)C)c1ccc(C(=O)OC)cc1. The summed E-state index contributed by atoms with van der Waals surface area (Å²) in [6.07, 6.45) is -0.491. The molecule has 0 radical (unpaired) electrons. The Hall–Kier alpha value is -2.30. The summed E-state index contributed by atoms with van der Waals surface area (Å²) in [4.78, 5) is 22.9. The first-order valence-electron chi connectivity index (χ1n) is 6.56. The second-order valence-corrected chi connectivity index (χ2v) is 5.53. The predicted molar refractivity (Wildman–Crippen MR) is 81.1 cm³/mol. The smallest absolute Gasteiger partial charge is 0.407 e. The molecule has 0 aromatic heterocycles. The van der Waals surface area contributed by atoms with Gasteiger partial charge in [-0.1, -0.05) is 18.7 Å². The second-order valence-electron chi connectivity index (χ2n) is 5.53. The molecule has 1 rings (SSSR count). The van der Waals surface area contributed by atoms with Gasteiger partial charge in [-0.3, -0.25) is 0 Å². The largest absolute Gasteiger partial charge is 0.465 e. The number of carbonyl (C=O) groups is 2. The Labute approximate surface area is 124 Å². The fraction of sp³-hybridized carbons (Fsp3) is 0.375. The minimum Gasteiger partial charge on any atom is -0.465 e. The highest BCUT2D eigenvalue weighted by Crippen LogP contribution is 2.14. The van der Waals surface area contributed by atoms with Crippen molar-refractivity contribution >= 4 is 17.6 Å². The number of alkyl carbamates (subject to hydrolysis) is 1. The molecule has 21 heavy (non-hydrogen) atoms. The summed E-state index contributed by atoms with van der Waals surface area (Å²) in [6, 6.07) is 6.82. The van der Waals surface area contributed by atoms with Crippen LogP contribution in [0.2, 0.25) is 0 Å². The summed E-state index contributed by atoms with van der Waals surface area (Å²) >= 11 is 0. The number of carbonyl (C=O) groups excluding carboxylic acids is 2. The number of ether oxygens (including phenoxy) is 2. The van der Waals surface area contributed by atoms with E-state index in [0.29, 0.717) is 5.56 Å². The van der Waals surface area contributed by atoms with Gasteiger partial charge in [-0.15, -0.1) is 0 Å². The third-order valence-electron chi connectivity index (χ3n) is 2.56. The van der Waals surface area contributed by atoms with Crippen molar-refractivity contribution in [3.8, 4) is 0 Å². The number of amides is 1. The molecule has 0 saturated heterocycles. The Kier molecular flexibility index (Phi) is 5.52. The van der Waals surface area contributed by atoms with Gasteiger partial charge in [-0.25, -0.2) is 9.59 Å². The van der Waals surface area contributed by atoms with Gasteiger partial charge in [0.1, 0.15) is 5.60 Å². The third-order valence-corrected chi connectivity index (χ3v) is 2.56. The molecule has 0 aliphatic heterocycles. The molecule has 0 heterocycles. The van der Waals surface area contributed by atoms with Crippen molar-refractivity contribution < 1.29 is 19.1 Å². The highest BCUT2D eigenvalue weighted by Gasteiger charge is 2.16. The molecule has 0 aliphatic carbocycles. The topological polar surface area (TPSA) is 64.6 Å². The van der Waals surface area contributed by atoms with Crippen LogP contribution in [0.3, 0.4) is 0 Å². The lowest BCUT2D eigenvalue weighted by Gasteiger charge is -2.20. The van der Waals surface area contributed by atoms with Crippen LogP contribution in [0.5, 0.6) is 0 Å². The van der Waals surface area contributed by atoms with E-state index in [1.54, 1.807) is 45.0 Å². The van der Waals surface area contributed by atoms with Gasteiger partial charge in [0, 0.05) is 6.54 Å². The zero-order chi connectivity index (χ0) is 16.0. The van der Waals surface area contributed by atoms with Gasteiger partial charge in [-0.2, -0.15) is 0 Å². The van der Waals surface area contributed by atoms with Gasteiger partial charge in [0.15, 0.2) is 0 Å². The van der Waals surface area contributed by atoms with E-state index in [0.717, 1.165) is 11.1 Å². The minimum atomic E-state index is -0.534. The molecular weight excluding hydrogens is 270 g/mol. The van der Waals surface area contributed by atoms with Crippen LogP contribution in [0.15, 0.2) is 30.8 Å². The van der Waals surface area contributed by atoms with E-state index in [-0.39, 0.29) is 12.5 Å². The molecule has 5 nitrogen and oxygen atoms in total. The molecule has 0 fully saturated rings. The molecule has 0 bridgehead atoms. The first-order chi connectivity index (χ1) is 9.73. The van der Waals surface area contributed by atoms with Crippen molar-refractivity contribution in [2.75, 3.05) is 13.7 Å². The molecule has 0 atom stereocenters. The number of rotatable bonds is 4. The molecule has 0 aliphatic rings. The van der Waals surface area contributed by atoms with E-state index in [4.69, 9.17) is 4.74 Å². The van der Waals surface area contributed by atoms with Crippen LogP contribution in [0.1, 0.15) is 36.7 Å². The van der Waals surface area contributed by atoms with Gasteiger partial charge in [0.25, 0.3) is 0 Å². The number of esters is 1. The van der Waals surface area contributed by atoms with E-state index < -0.39 is 11.7 Å². The van der Waals surface area contributed by atoms with Crippen molar-refractivity contribution in [3.63, 3.8) is 0 Å². The summed E-state index contributed by atoms with van der Waals surface area (Å²) in [5.41, 5.74) is 1.48. The summed E-state index contributed by atoms with van der Waals surface area (Å²) in [5, 5.41) is 2.63. The monoisotopic (exact) mass is 291 g/mol. The number of hydrogen-bond donors (Lipinski definition) is 1. The van der Waals surface area contributed by atoms with E-state index >= 15 is 0 Å². The average Bonchev–Trinajstić information content (AvgIpc) is 2.42. The average molecular weight is 291 g/mol. The molecule has 1 N–H and O–H groups in total. The Morgan fingerprint density at radius 2 is 1.67 bits per heavy atom. The lowest BCUT2D eigenvalue weighted by Crippen LogP contribution is -2.33. The Bertz CT molecular complexity index is 526. The van der Waals surface area contributed by atoms with E-state index in [1.165, 1.54) is 7.11 Å². The third kappa shape index (κ3) is 5.69. The maximum atomic E-state index is 11.5. The Morgan fingerprint density at radius 1 is 1.14 bits per heavy atom. The first-order valence-corrected chi connectivity index (χ1v) is 6.56. The highest BCUT2D eigenvalue weighted by molar-refractivity contribution is 5.89. The molecule has 5 heteroatoms. The molecule has 0 spiro atoms.